The molecule has 1 saturated heterocycles. The third-order valence-corrected chi connectivity index (χ3v) is 5.24. The van der Waals surface area contributed by atoms with Gasteiger partial charge in [-0.25, -0.2) is 18.7 Å². The molecule has 0 amide bonds. The van der Waals surface area contributed by atoms with E-state index in [0.717, 1.165) is 16.8 Å². The molecule has 0 radical (unpaired) electrons. The SMILES string of the molecule is O=P(O)(O)OP(=O)(O)O.O=c1cc[nH]c(=O)[nH]1.O=c1ccn([C@@H]2O[C@H](CO)[C@@H](O)[C@H]2O)c(=O)[nH]1. The molecule has 192 valence electrons. The van der Waals surface area contributed by atoms with Crippen molar-refractivity contribution >= 4 is 15.6 Å². The Bertz CT molecular complexity index is 1210. The van der Waals surface area contributed by atoms with E-state index < -0.39 is 63.7 Å². The lowest BCUT2D eigenvalue weighted by Crippen LogP contribution is -2.37. The summed E-state index contributed by atoms with van der Waals surface area (Å²) in [4.78, 5) is 80.0. The molecule has 10 N–H and O–H groups in total. The molecule has 0 aromatic carbocycles. The molecular weight excluding hydrogens is 514 g/mol. The first-order chi connectivity index (χ1) is 15.5. The Balaban J connectivity index is 0.000000287. The number of aromatic amines is 3. The number of hydrogen-bond acceptors (Lipinski definition) is 11. The van der Waals surface area contributed by atoms with Gasteiger partial charge in [0.25, 0.3) is 11.1 Å². The van der Waals surface area contributed by atoms with Crippen molar-refractivity contribution in [2.45, 2.75) is 24.5 Å². The third-order valence-electron chi connectivity index (χ3n) is 3.54. The molecule has 0 aliphatic carbocycles. The molecule has 3 rings (SSSR count). The lowest BCUT2D eigenvalue weighted by molar-refractivity contribution is -0.0550. The van der Waals surface area contributed by atoms with E-state index in [-0.39, 0.29) is 5.56 Å². The zero-order valence-electron chi connectivity index (χ0n) is 16.6. The highest BCUT2D eigenvalue weighted by Gasteiger charge is 2.43. The monoisotopic (exact) mass is 534 g/mol. The van der Waals surface area contributed by atoms with Gasteiger partial charge in [0.2, 0.25) is 0 Å². The summed E-state index contributed by atoms with van der Waals surface area (Å²) < 4.78 is 28.3. The van der Waals surface area contributed by atoms with E-state index in [1.807, 2.05) is 9.97 Å². The molecule has 34 heavy (non-hydrogen) atoms. The van der Waals surface area contributed by atoms with Crippen LogP contribution in [0.1, 0.15) is 6.23 Å². The summed E-state index contributed by atoms with van der Waals surface area (Å²) in [6, 6.07) is 2.33. The molecule has 3 heterocycles. The van der Waals surface area contributed by atoms with Crippen LogP contribution in [0.3, 0.4) is 0 Å². The van der Waals surface area contributed by atoms with Gasteiger partial charge in [0, 0.05) is 24.5 Å². The molecule has 4 atom stereocenters. The minimum Gasteiger partial charge on any atom is -0.394 e. The summed E-state index contributed by atoms with van der Waals surface area (Å²) in [6.07, 6.45) is -2.29. The van der Waals surface area contributed by atoms with Crippen LogP contribution in [0.15, 0.2) is 43.7 Å². The normalized spacial score (nSPS) is 22.2. The molecule has 0 saturated carbocycles. The molecule has 0 unspecified atom stereocenters. The van der Waals surface area contributed by atoms with Crippen molar-refractivity contribution in [2.24, 2.45) is 0 Å². The zero-order valence-corrected chi connectivity index (χ0v) is 18.4. The standard InChI is InChI=1S/C9H12N2O6.C4H4N2O2.H4O7P2/c12-3-4-6(14)7(15)8(17-4)11-2-1-5(13)10-9(11)16;7-3-1-2-5-4(8)6-3;1-8(2,3)7-9(4,5)6/h1-2,4,6-8,12,14-15H,3H2,(H,10,13,16);1-2H,(H2,5,6,7,8);(H2,1,2,3)(H2,4,5,6)/t4-,6-,7-,8-;;/m1../s1. The van der Waals surface area contributed by atoms with Crippen LogP contribution in [0.25, 0.3) is 0 Å². The first kappa shape index (κ1) is 29.5. The van der Waals surface area contributed by atoms with Crippen molar-refractivity contribution in [1.82, 2.24) is 19.5 Å². The number of H-pyrrole nitrogens is 3. The van der Waals surface area contributed by atoms with Crippen LogP contribution in [-0.2, 0) is 18.2 Å². The second-order valence-electron chi connectivity index (χ2n) is 6.11. The van der Waals surface area contributed by atoms with Crippen molar-refractivity contribution in [3.05, 3.63) is 66.2 Å². The highest BCUT2D eigenvalue weighted by atomic mass is 31.3. The van der Waals surface area contributed by atoms with Crippen molar-refractivity contribution < 1.29 is 53.1 Å². The van der Waals surface area contributed by atoms with Crippen molar-refractivity contribution in [1.29, 1.82) is 0 Å². The Hall–Kier alpha value is -2.54. The Labute approximate surface area is 186 Å². The summed E-state index contributed by atoms with van der Waals surface area (Å²) in [7, 11) is -10.1. The average molecular weight is 534 g/mol. The van der Waals surface area contributed by atoms with Crippen LogP contribution in [0.5, 0.6) is 0 Å². The summed E-state index contributed by atoms with van der Waals surface area (Å²) in [5, 5.41) is 28.1. The van der Waals surface area contributed by atoms with Gasteiger partial charge < -0.3 is 44.6 Å². The third kappa shape index (κ3) is 10.2. The smallest absolute Gasteiger partial charge is 0.394 e. The fourth-order valence-electron chi connectivity index (χ4n) is 2.26. The van der Waals surface area contributed by atoms with Gasteiger partial charge in [-0.3, -0.25) is 24.1 Å². The second-order valence-corrected chi connectivity index (χ2v) is 8.72. The van der Waals surface area contributed by atoms with Gasteiger partial charge >= 0.3 is 27.0 Å². The van der Waals surface area contributed by atoms with Gasteiger partial charge in [-0.05, 0) is 0 Å². The minimum atomic E-state index is -5.05. The molecule has 0 spiro atoms. The number of aromatic nitrogens is 4. The van der Waals surface area contributed by atoms with Crippen LogP contribution in [0.2, 0.25) is 0 Å². The Morgan fingerprint density at radius 3 is 1.85 bits per heavy atom. The summed E-state index contributed by atoms with van der Waals surface area (Å²) in [5.41, 5.74) is -2.18. The Morgan fingerprint density at radius 2 is 1.50 bits per heavy atom. The van der Waals surface area contributed by atoms with E-state index >= 15 is 0 Å². The number of hydrogen-bond donors (Lipinski definition) is 10. The lowest BCUT2D eigenvalue weighted by atomic mass is 10.1. The van der Waals surface area contributed by atoms with Gasteiger partial charge in [-0.2, -0.15) is 4.31 Å². The van der Waals surface area contributed by atoms with Crippen molar-refractivity contribution in [2.75, 3.05) is 6.61 Å². The number of rotatable bonds is 4. The summed E-state index contributed by atoms with van der Waals surface area (Å²) in [6.45, 7) is -0.479. The maximum Gasteiger partial charge on any atom is 0.478 e. The molecule has 2 aromatic rings. The van der Waals surface area contributed by atoms with Crippen LogP contribution < -0.4 is 22.5 Å². The maximum atomic E-state index is 11.4. The van der Waals surface area contributed by atoms with Gasteiger partial charge in [0.15, 0.2) is 6.23 Å². The first-order valence-electron chi connectivity index (χ1n) is 8.58. The molecule has 1 aliphatic heterocycles. The second kappa shape index (κ2) is 12.2. The van der Waals surface area contributed by atoms with Crippen LogP contribution >= 0.6 is 15.6 Å². The van der Waals surface area contributed by atoms with E-state index in [2.05, 4.69) is 9.29 Å². The number of phosphoric acid groups is 2. The molecule has 0 bridgehead atoms. The number of nitrogens with one attached hydrogen (secondary N) is 3. The lowest BCUT2D eigenvalue weighted by Gasteiger charge is -2.16. The Morgan fingerprint density at radius 1 is 0.941 bits per heavy atom. The summed E-state index contributed by atoms with van der Waals surface area (Å²) >= 11 is 0. The van der Waals surface area contributed by atoms with E-state index in [1.54, 1.807) is 0 Å². The molecule has 19 nitrogen and oxygen atoms in total. The highest BCUT2D eigenvalue weighted by Crippen LogP contribution is 2.53. The van der Waals surface area contributed by atoms with Crippen LogP contribution in [0.4, 0.5) is 0 Å². The minimum absolute atomic E-state index is 0.381. The van der Waals surface area contributed by atoms with Gasteiger partial charge in [0.1, 0.15) is 18.3 Å². The highest BCUT2D eigenvalue weighted by molar-refractivity contribution is 7.60. The summed E-state index contributed by atoms with van der Waals surface area (Å²) in [5.74, 6) is 0. The first-order valence-corrected chi connectivity index (χ1v) is 11.6. The van der Waals surface area contributed by atoms with Gasteiger partial charge in [0.05, 0.1) is 6.61 Å². The fraction of sp³-hybridized carbons (Fsp3) is 0.385. The van der Waals surface area contributed by atoms with E-state index in [4.69, 9.17) is 29.4 Å². The molecule has 1 fully saturated rings. The Kier molecular flexibility index (Phi) is 10.6. The predicted molar refractivity (Wildman–Crippen MR) is 107 cm³/mol. The van der Waals surface area contributed by atoms with Crippen molar-refractivity contribution in [3.63, 3.8) is 0 Å². The van der Waals surface area contributed by atoms with Crippen LogP contribution in [-0.4, -0.2) is 79.3 Å². The average Bonchev–Trinajstić information content (AvgIpc) is 2.94. The van der Waals surface area contributed by atoms with E-state index in [1.165, 1.54) is 12.3 Å². The molecule has 1 aliphatic rings. The topological polar surface area (TPSA) is 315 Å². The number of nitrogens with zero attached hydrogens (tertiary/aromatic N) is 1. The predicted octanol–water partition coefficient (Wildman–Crippen LogP) is -4.60. The quantitative estimate of drug-likeness (QED) is 0.165. The zero-order chi connectivity index (χ0) is 26.3. The van der Waals surface area contributed by atoms with Crippen LogP contribution in [0, 0.1) is 0 Å². The van der Waals surface area contributed by atoms with Gasteiger partial charge in [-0.1, -0.05) is 0 Å². The largest absolute Gasteiger partial charge is 0.478 e. The molecular formula is C13H20N4O15P2. The maximum absolute atomic E-state index is 11.4. The van der Waals surface area contributed by atoms with E-state index in [9.17, 15) is 38.5 Å². The van der Waals surface area contributed by atoms with E-state index in [0.29, 0.717) is 0 Å². The number of ether oxygens (including phenoxy) is 1. The van der Waals surface area contributed by atoms with Gasteiger partial charge in [-0.15, -0.1) is 0 Å². The van der Waals surface area contributed by atoms with Crippen molar-refractivity contribution in [3.8, 4) is 0 Å². The fourth-order valence-corrected chi connectivity index (χ4v) is 3.37. The number of aliphatic hydroxyl groups is 3. The number of aliphatic hydroxyl groups excluding tert-OH is 3. The molecule has 2 aromatic heterocycles. The molecule has 21 heteroatoms.